The maximum Gasteiger partial charge on any atom is 0.260 e. The number of aromatic hydroxyl groups is 3. The normalized spacial score (nSPS) is 18.6. The Morgan fingerprint density at radius 2 is 1.70 bits per heavy atom. The third kappa shape index (κ3) is 4.10. The Bertz CT molecular complexity index is 2090. The van der Waals surface area contributed by atoms with Gasteiger partial charge in [0.2, 0.25) is 5.78 Å². The number of ketones is 4. The van der Waals surface area contributed by atoms with Crippen LogP contribution in [0.5, 0.6) is 17.2 Å². The van der Waals surface area contributed by atoms with Crippen LogP contribution in [0.15, 0.2) is 33.9 Å². The molecule has 1 atom stereocenters. The van der Waals surface area contributed by atoms with E-state index < -0.39 is 79.4 Å². The van der Waals surface area contributed by atoms with Crippen LogP contribution in [0.25, 0.3) is 10.8 Å². The van der Waals surface area contributed by atoms with Crippen molar-refractivity contribution in [3.8, 4) is 17.2 Å². The maximum absolute atomic E-state index is 14.1. The summed E-state index contributed by atoms with van der Waals surface area (Å²) < 4.78 is 4.91. The molecule has 14 nitrogen and oxygen atoms in total. The lowest BCUT2D eigenvalue weighted by atomic mass is 9.76. The molecule has 0 saturated carbocycles. The highest BCUT2D eigenvalue weighted by Gasteiger charge is 2.61. The van der Waals surface area contributed by atoms with Crippen molar-refractivity contribution < 1.29 is 44.0 Å². The molecular weight excluding hydrogens is 600 g/mol. The van der Waals surface area contributed by atoms with Crippen molar-refractivity contribution in [1.29, 1.82) is 0 Å². The lowest BCUT2D eigenvalue weighted by Crippen LogP contribution is -2.36. The number of ether oxygens (including phenoxy) is 1. The number of amides is 1. The second kappa shape index (κ2) is 10.5. The van der Waals surface area contributed by atoms with E-state index in [0.717, 1.165) is 13.2 Å². The van der Waals surface area contributed by atoms with Gasteiger partial charge in [-0.2, -0.15) is 5.10 Å². The van der Waals surface area contributed by atoms with Gasteiger partial charge in [0.15, 0.2) is 23.1 Å². The second-order valence-electron chi connectivity index (χ2n) is 11.7. The van der Waals surface area contributed by atoms with Crippen LogP contribution < -0.4 is 11.0 Å². The highest BCUT2D eigenvalue weighted by molar-refractivity contribution is 6.38. The topological polar surface area (TPSA) is 216 Å². The van der Waals surface area contributed by atoms with Crippen molar-refractivity contribution in [1.82, 2.24) is 15.3 Å². The summed E-state index contributed by atoms with van der Waals surface area (Å²) in [6.45, 7) is 3.96. The Balaban J connectivity index is 1.43. The number of hydrogen-bond acceptors (Lipinski definition) is 12. The molecule has 236 valence electrons. The van der Waals surface area contributed by atoms with Gasteiger partial charge in [-0.05, 0) is 50.8 Å². The van der Waals surface area contributed by atoms with Gasteiger partial charge in [-0.1, -0.05) is 6.07 Å². The first-order chi connectivity index (χ1) is 21.7. The predicted molar refractivity (Wildman–Crippen MR) is 162 cm³/mol. The van der Waals surface area contributed by atoms with Gasteiger partial charge in [0.1, 0.15) is 22.7 Å². The maximum atomic E-state index is 14.1. The fraction of sp³-hybridized carbons (Fsp3) is 0.281. The molecule has 14 heteroatoms. The Morgan fingerprint density at radius 3 is 2.33 bits per heavy atom. The molecule has 3 aliphatic carbocycles. The van der Waals surface area contributed by atoms with Crippen LogP contribution in [0.1, 0.15) is 78.5 Å². The molecule has 1 amide bonds. The number of methoxy groups -OCH3 is 1. The van der Waals surface area contributed by atoms with E-state index in [0.29, 0.717) is 5.56 Å². The van der Waals surface area contributed by atoms with Gasteiger partial charge < -0.3 is 25.0 Å². The minimum Gasteiger partial charge on any atom is -0.507 e. The average Bonchev–Trinajstić information content (AvgIpc) is 3.48. The van der Waals surface area contributed by atoms with E-state index in [2.05, 4.69) is 15.5 Å². The molecular formula is C32H28N4O10. The van der Waals surface area contributed by atoms with Crippen molar-refractivity contribution in [2.45, 2.75) is 38.1 Å². The Kier molecular flexibility index (Phi) is 6.93. The summed E-state index contributed by atoms with van der Waals surface area (Å²) in [6, 6.07) is 3.17. The third-order valence-corrected chi connectivity index (χ3v) is 8.93. The first-order valence-corrected chi connectivity index (χ1v) is 14.2. The molecule has 3 aliphatic rings. The smallest absolute Gasteiger partial charge is 0.260 e. The molecule has 0 radical (unpaired) electrons. The number of nitrogens with zero attached hydrogens (tertiary/aromatic N) is 2. The zero-order valence-corrected chi connectivity index (χ0v) is 25.1. The fourth-order valence-electron chi connectivity index (χ4n) is 6.45. The third-order valence-electron chi connectivity index (χ3n) is 8.93. The molecule has 1 heterocycles. The minimum absolute atomic E-state index is 0.0917. The van der Waals surface area contributed by atoms with Gasteiger partial charge in [-0.25, -0.2) is 5.43 Å². The highest BCUT2D eigenvalue weighted by atomic mass is 16.5. The van der Waals surface area contributed by atoms with E-state index in [-0.39, 0.29) is 53.4 Å². The number of H-pyrrole nitrogens is 1. The Labute approximate surface area is 260 Å². The van der Waals surface area contributed by atoms with E-state index in [9.17, 15) is 44.1 Å². The van der Waals surface area contributed by atoms with Crippen LogP contribution in [0.4, 0.5) is 0 Å². The van der Waals surface area contributed by atoms with Crippen LogP contribution in [-0.4, -0.2) is 87.2 Å². The molecule has 5 N–H and O–H groups in total. The number of likely N-dealkylation sites (N-methyl/N-ethyl adjacent to an activating group) is 1. The number of benzene rings is 2. The predicted octanol–water partition coefficient (Wildman–Crippen LogP) is 1.61. The standard InChI is InChI=1S/C32H28N4O10/c1-12(2)36(3)11-18(38)35-33-10-15-8-14-7-13-5-6-32(24(13)28(42)19(14)31(45)34-15)29(43)22-23(30(32)44)27(41)21-20(26(22)40)16(37)9-17(46-4)25(21)39/h7-10,12,40-42H,5-6,11H2,1-4H3,(H,34,45)(H,35,38). The summed E-state index contributed by atoms with van der Waals surface area (Å²) in [7, 11) is 2.91. The van der Waals surface area contributed by atoms with Gasteiger partial charge in [-0.15, -0.1) is 0 Å². The molecule has 46 heavy (non-hydrogen) atoms. The zero-order chi connectivity index (χ0) is 33.4. The van der Waals surface area contributed by atoms with Gasteiger partial charge in [0, 0.05) is 17.7 Å². The fourth-order valence-corrected chi connectivity index (χ4v) is 6.45. The number of carbonyl (C=O) groups is 5. The zero-order valence-electron chi connectivity index (χ0n) is 25.1. The average molecular weight is 629 g/mol. The van der Waals surface area contributed by atoms with Crippen molar-refractivity contribution >= 4 is 46.0 Å². The van der Waals surface area contributed by atoms with E-state index in [1.54, 1.807) is 7.05 Å². The highest BCUT2D eigenvalue weighted by Crippen LogP contribution is 2.57. The number of Topliss-reactive ketones (excluding diaryl/α,β-unsaturated/α-hetero) is 3. The number of fused-ring (bicyclic) bond motifs is 5. The number of hydrogen-bond donors (Lipinski definition) is 5. The number of phenolic OH excluding ortho intramolecular Hbond substituents is 3. The first-order valence-electron chi connectivity index (χ1n) is 14.2. The molecule has 0 fully saturated rings. The number of rotatable bonds is 6. The summed E-state index contributed by atoms with van der Waals surface area (Å²) in [5.74, 6) is -7.22. The number of carbonyl (C=O) groups excluding carboxylic acids is 5. The summed E-state index contributed by atoms with van der Waals surface area (Å²) in [5.41, 5.74) is -2.77. The summed E-state index contributed by atoms with van der Waals surface area (Å²) >= 11 is 0. The van der Waals surface area contributed by atoms with Crippen molar-refractivity contribution in [3.05, 3.63) is 73.4 Å². The lowest BCUT2D eigenvalue weighted by Gasteiger charge is -2.22. The minimum atomic E-state index is -2.14. The molecule has 1 aromatic heterocycles. The first kappa shape index (κ1) is 30.4. The van der Waals surface area contributed by atoms with Crippen LogP contribution in [0.3, 0.4) is 0 Å². The number of allylic oxidation sites excluding steroid dienone is 2. The van der Waals surface area contributed by atoms with E-state index >= 15 is 0 Å². The van der Waals surface area contributed by atoms with Gasteiger partial charge in [-0.3, -0.25) is 33.7 Å². The molecule has 1 spiro atoms. The molecule has 1 unspecified atom stereocenters. The lowest BCUT2D eigenvalue weighted by molar-refractivity contribution is -0.122. The SMILES string of the molecule is COC1=CC(=O)c2c(O)c3c(c(O)c2C1=O)C(=O)C1(CCc2cc4cc(C=NNC(=O)CN(C)C(C)C)[nH]c(=O)c4c(O)c21)C3=O. The second-order valence-corrected chi connectivity index (χ2v) is 11.7. The number of aryl methyl sites for hydroxylation is 1. The molecule has 2 aromatic carbocycles. The number of pyridine rings is 1. The van der Waals surface area contributed by atoms with E-state index in [4.69, 9.17) is 4.74 Å². The van der Waals surface area contributed by atoms with Gasteiger partial charge >= 0.3 is 0 Å². The summed E-state index contributed by atoms with van der Waals surface area (Å²) in [5, 5.41) is 37.7. The number of nitrogens with one attached hydrogen (secondary N) is 2. The van der Waals surface area contributed by atoms with Crippen LogP contribution in [0.2, 0.25) is 0 Å². The van der Waals surface area contributed by atoms with Crippen LogP contribution in [-0.2, 0) is 21.4 Å². The Hall–Kier alpha value is -5.63. The monoisotopic (exact) mass is 628 g/mol. The Morgan fingerprint density at radius 1 is 1.04 bits per heavy atom. The molecule has 3 aromatic rings. The van der Waals surface area contributed by atoms with Crippen LogP contribution in [0, 0.1) is 0 Å². The quantitative estimate of drug-likeness (QED) is 0.114. The number of aromatic nitrogens is 1. The van der Waals surface area contributed by atoms with Crippen molar-refractivity contribution in [2.24, 2.45) is 5.10 Å². The van der Waals surface area contributed by atoms with Crippen molar-refractivity contribution in [3.63, 3.8) is 0 Å². The largest absolute Gasteiger partial charge is 0.507 e. The summed E-state index contributed by atoms with van der Waals surface area (Å²) in [4.78, 5) is 83.7. The van der Waals surface area contributed by atoms with E-state index in [1.165, 1.54) is 18.3 Å². The molecule has 6 rings (SSSR count). The van der Waals surface area contributed by atoms with Gasteiger partial charge in [0.05, 0.1) is 53.2 Å². The van der Waals surface area contributed by atoms with Gasteiger partial charge in [0.25, 0.3) is 11.5 Å². The van der Waals surface area contributed by atoms with Crippen molar-refractivity contribution in [2.75, 3.05) is 20.7 Å². The van der Waals surface area contributed by atoms with E-state index in [1.807, 2.05) is 18.7 Å². The number of hydrazone groups is 1. The summed E-state index contributed by atoms with van der Waals surface area (Å²) in [6.07, 6.45) is 1.93. The molecule has 0 bridgehead atoms. The van der Waals surface area contributed by atoms with Crippen LogP contribution >= 0.6 is 0 Å². The molecule has 0 saturated heterocycles. The number of phenols is 3. The molecule has 0 aliphatic heterocycles. The number of aromatic amines is 1.